The zero-order valence-corrected chi connectivity index (χ0v) is 17.4. The van der Waals surface area contributed by atoms with Crippen LogP contribution in [-0.4, -0.2) is 24.8 Å². The van der Waals surface area contributed by atoms with Crippen molar-refractivity contribution < 1.29 is 27.4 Å². The van der Waals surface area contributed by atoms with E-state index >= 15 is 0 Å². The average Bonchev–Trinajstić information content (AvgIpc) is 3.02. The van der Waals surface area contributed by atoms with Crippen molar-refractivity contribution in [3.63, 3.8) is 0 Å². The van der Waals surface area contributed by atoms with E-state index in [0.717, 1.165) is 30.0 Å². The monoisotopic (exact) mass is 456 g/mol. The molecule has 1 heterocycles. The summed E-state index contributed by atoms with van der Waals surface area (Å²) in [4.78, 5) is 16.7. The van der Waals surface area contributed by atoms with Crippen LogP contribution in [0.2, 0.25) is 5.02 Å². The van der Waals surface area contributed by atoms with Gasteiger partial charge in [-0.2, -0.15) is 13.2 Å². The number of ether oxygens (including phenoxy) is 2. The Balaban J connectivity index is 1.87. The Kier molecular flexibility index (Phi) is 6.62. The molecule has 1 fully saturated rings. The maximum atomic E-state index is 12.9. The van der Waals surface area contributed by atoms with E-state index in [2.05, 4.69) is 10.3 Å². The molecular formula is C20H16ClF3N2O3S. The fraction of sp³-hybridized carbons (Fsp3) is 0.200. The first-order valence-electron chi connectivity index (χ1n) is 8.68. The van der Waals surface area contributed by atoms with E-state index in [-0.39, 0.29) is 15.9 Å². The van der Waals surface area contributed by atoms with E-state index in [1.54, 1.807) is 24.3 Å². The number of carbonyl (C=O) groups excluding carboxylic acids is 1. The standard InChI is InChI=1S/C20H16ClF3N2O3S/c1-3-29-15-7-4-11(8-16(15)28-2)9-17-18(27)26-19(30-17)25-14-10-12(20(22,23)24)5-6-13(14)21/h4-10H,3H2,1-2H3,(H,25,26,27)/b17-9-. The summed E-state index contributed by atoms with van der Waals surface area (Å²) in [6, 6.07) is 8.02. The summed E-state index contributed by atoms with van der Waals surface area (Å²) in [6.45, 7) is 2.33. The number of methoxy groups -OCH3 is 1. The van der Waals surface area contributed by atoms with Crippen molar-refractivity contribution in [3.8, 4) is 11.5 Å². The topological polar surface area (TPSA) is 59.9 Å². The lowest BCUT2D eigenvalue weighted by Crippen LogP contribution is -2.19. The fourth-order valence-corrected chi connectivity index (χ4v) is 3.56. The molecule has 0 atom stereocenters. The molecule has 1 saturated heterocycles. The summed E-state index contributed by atoms with van der Waals surface area (Å²) < 4.78 is 49.5. The molecule has 1 amide bonds. The molecule has 2 aromatic rings. The van der Waals surface area contributed by atoms with Gasteiger partial charge in [0, 0.05) is 0 Å². The lowest BCUT2D eigenvalue weighted by molar-refractivity contribution is -0.137. The highest BCUT2D eigenvalue weighted by atomic mass is 35.5. The Morgan fingerprint density at radius 3 is 2.63 bits per heavy atom. The second-order valence-electron chi connectivity index (χ2n) is 5.99. The summed E-state index contributed by atoms with van der Waals surface area (Å²) in [5, 5.41) is 2.70. The van der Waals surface area contributed by atoms with Gasteiger partial charge in [0.2, 0.25) is 0 Å². The molecule has 30 heavy (non-hydrogen) atoms. The largest absolute Gasteiger partial charge is 0.493 e. The van der Waals surface area contributed by atoms with E-state index < -0.39 is 17.6 Å². The minimum absolute atomic E-state index is 0.0408. The van der Waals surface area contributed by atoms with Gasteiger partial charge in [0.1, 0.15) is 0 Å². The van der Waals surface area contributed by atoms with Gasteiger partial charge in [-0.1, -0.05) is 17.7 Å². The number of halogens is 4. The van der Waals surface area contributed by atoms with E-state index in [0.29, 0.717) is 28.6 Å². The number of carbonyl (C=O) groups is 1. The highest BCUT2D eigenvalue weighted by Crippen LogP contribution is 2.37. The molecule has 3 rings (SSSR count). The normalized spacial score (nSPS) is 16.8. The van der Waals surface area contributed by atoms with E-state index in [4.69, 9.17) is 21.1 Å². The van der Waals surface area contributed by atoms with Crippen molar-refractivity contribution in [2.24, 2.45) is 4.99 Å². The van der Waals surface area contributed by atoms with Crippen LogP contribution >= 0.6 is 23.4 Å². The zero-order chi connectivity index (χ0) is 21.9. The molecule has 0 bridgehead atoms. The molecule has 10 heteroatoms. The summed E-state index contributed by atoms with van der Waals surface area (Å²) >= 11 is 6.96. The van der Waals surface area contributed by atoms with Crippen LogP contribution in [0.1, 0.15) is 18.1 Å². The van der Waals surface area contributed by atoms with Crippen LogP contribution in [0.25, 0.3) is 6.08 Å². The number of rotatable bonds is 5. The van der Waals surface area contributed by atoms with Crippen molar-refractivity contribution in [1.82, 2.24) is 5.32 Å². The minimum Gasteiger partial charge on any atom is -0.493 e. The Bertz CT molecular complexity index is 1040. The number of amidine groups is 1. The Morgan fingerprint density at radius 1 is 1.20 bits per heavy atom. The van der Waals surface area contributed by atoms with Crippen molar-refractivity contribution >= 4 is 46.2 Å². The van der Waals surface area contributed by atoms with Gasteiger partial charge in [-0.3, -0.25) is 4.79 Å². The van der Waals surface area contributed by atoms with Gasteiger partial charge >= 0.3 is 6.18 Å². The van der Waals surface area contributed by atoms with E-state index in [9.17, 15) is 18.0 Å². The molecule has 0 radical (unpaired) electrons. The molecule has 5 nitrogen and oxygen atoms in total. The van der Waals surface area contributed by atoms with E-state index in [1.165, 1.54) is 7.11 Å². The third kappa shape index (κ3) is 5.09. The second kappa shape index (κ2) is 9.01. The number of hydrogen-bond acceptors (Lipinski definition) is 5. The number of nitrogens with one attached hydrogen (secondary N) is 1. The number of aliphatic imine (C=N–C) groups is 1. The lowest BCUT2D eigenvalue weighted by atomic mass is 10.2. The first kappa shape index (κ1) is 22.0. The second-order valence-corrected chi connectivity index (χ2v) is 7.43. The third-order valence-corrected chi connectivity index (χ3v) is 5.16. The molecule has 0 spiro atoms. The summed E-state index contributed by atoms with van der Waals surface area (Å²) in [5.41, 5.74) is -0.276. The molecule has 0 unspecified atom stereocenters. The summed E-state index contributed by atoms with van der Waals surface area (Å²) in [7, 11) is 1.51. The number of hydrogen-bond donors (Lipinski definition) is 1. The maximum absolute atomic E-state index is 12.9. The van der Waals surface area contributed by atoms with Crippen LogP contribution in [0.15, 0.2) is 46.3 Å². The fourth-order valence-electron chi connectivity index (χ4n) is 2.56. The van der Waals surface area contributed by atoms with Crippen LogP contribution in [-0.2, 0) is 11.0 Å². The van der Waals surface area contributed by atoms with Crippen molar-refractivity contribution in [3.05, 3.63) is 57.5 Å². The maximum Gasteiger partial charge on any atom is 0.416 e. The summed E-state index contributed by atoms with van der Waals surface area (Å²) in [6.07, 6.45) is -2.90. The SMILES string of the molecule is CCOc1ccc(/C=C2\SC(=Nc3cc(C(F)(F)F)ccc3Cl)NC2=O)cc1OC. The van der Waals surface area contributed by atoms with Gasteiger partial charge in [-0.05, 0) is 60.7 Å². The Labute approximate surface area is 179 Å². The van der Waals surface area contributed by atoms with Crippen LogP contribution in [0.4, 0.5) is 18.9 Å². The van der Waals surface area contributed by atoms with Gasteiger partial charge in [0.15, 0.2) is 16.7 Å². The Hall–Kier alpha value is -2.65. The van der Waals surface area contributed by atoms with Gasteiger partial charge in [-0.25, -0.2) is 4.99 Å². The van der Waals surface area contributed by atoms with Crippen LogP contribution in [0.3, 0.4) is 0 Å². The third-order valence-electron chi connectivity index (χ3n) is 3.93. The predicted octanol–water partition coefficient (Wildman–Crippen LogP) is 5.66. The predicted molar refractivity (Wildman–Crippen MR) is 111 cm³/mol. The van der Waals surface area contributed by atoms with Gasteiger partial charge in [-0.15, -0.1) is 0 Å². The summed E-state index contributed by atoms with van der Waals surface area (Å²) in [5.74, 6) is 0.668. The van der Waals surface area contributed by atoms with Crippen LogP contribution in [0, 0.1) is 0 Å². The first-order chi connectivity index (χ1) is 14.2. The smallest absolute Gasteiger partial charge is 0.416 e. The molecule has 0 saturated carbocycles. The molecule has 0 aliphatic carbocycles. The van der Waals surface area contributed by atoms with Crippen molar-refractivity contribution in [2.45, 2.75) is 13.1 Å². The first-order valence-corrected chi connectivity index (χ1v) is 9.88. The molecule has 0 aromatic heterocycles. The number of amides is 1. The molecule has 1 N–H and O–H groups in total. The Morgan fingerprint density at radius 2 is 1.97 bits per heavy atom. The zero-order valence-electron chi connectivity index (χ0n) is 15.8. The van der Waals surface area contributed by atoms with Crippen LogP contribution < -0.4 is 14.8 Å². The molecule has 1 aliphatic rings. The highest BCUT2D eigenvalue weighted by molar-refractivity contribution is 8.18. The molecule has 158 valence electrons. The molecule has 1 aliphatic heterocycles. The number of alkyl halides is 3. The quantitative estimate of drug-likeness (QED) is 0.590. The van der Waals surface area contributed by atoms with Gasteiger partial charge in [0.25, 0.3) is 5.91 Å². The minimum atomic E-state index is -4.52. The molecular weight excluding hydrogens is 441 g/mol. The lowest BCUT2D eigenvalue weighted by Gasteiger charge is -2.09. The van der Waals surface area contributed by atoms with E-state index in [1.807, 2.05) is 6.92 Å². The number of benzene rings is 2. The number of thioether (sulfide) groups is 1. The van der Waals surface area contributed by atoms with Crippen molar-refractivity contribution in [1.29, 1.82) is 0 Å². The highest BCUT2D eigenvalue weighted by Gasteiger charge is 2.31. The van der Waals surface area contributed by atoms with Gasteiger partial charge in [0.05, 0.1) is 34.9 Å². The molecule has 2 aromatic carbocycles. The average molecular weight is 457 g/mol. The van der Waals surface area contributed by atoms with Crippen LogP contribution in [0.5, 0.6) is 11.5 Å². The van der Waals surface area contributed by atoms with Crippen molar-refractivity contribution in [2.75, 3.05) is 13.7 Å². The number of nitrogens with zero attached hydrogens (tertiary/aromatic N) is 1. The van der Waals surface area contributed by atoms with Gasteiger partial charge < -0.3 is 14.8 Å².